The third-order valence-electron chi connectivity index (χ3n) is 3.45. The third-order valence-corrected chi connectivity index (χ3v) is 3.45. The van der Waals surface area contributed by atoms with E-state index in [2.05, 4.69) is 43.2 Å². The van der Waals surface area contributed by atoms with Gasteiger partial charge in [-0.1, -0.05) is 0 Å². The van der Waals surface area contributed by atoms with E-state index in [1.165, 1.54) is 45.4 Å². The van der Waals surface area contributed by atoms with Crippen molar-refractivity contribution in [3.8, 4) is 0 Å². The molecule has 2 atom stereocenters. The van der Waals surface area contributed by atoms with Gasteiger partial charge in [-0.15, -0.1) is 0 Å². The van der Waals surface area contributed by atoms with Crippen molar-refractivity contribution in [3.63, 3.8) is 0 Å². The van der Waals surface area contributed by atoms with E-state index in [0.29, 0.717) is 6.04 Å². The predicted octanol–water partition coefficient (Wildman–Crippen LogP) is 1.26. The van der Waals surface area contributed by atoms with Crippen molar-refractivity contribution >= 4 is 0 Å². The van der Waals surface area contributed by atoms with Gasteiger partial charge in [-0.2, -0.15) is 0 Å². The van der Waals surface area contributed by atoms with Crippen LogP contribution in [-0.2, 0) is 0 Å². The molecular weight excluding hydrogens is 198 g/mol. The van der Waals surface area contributed by atoms with Crippen LogP contribution in [0.2, 0.25) is 0 Å². The van der Waals surface area contributed by atoms with Crippen LogP contribution in [0.1, 0.15) is 26.2 Å². The van der Waals surface area contributed by atoms with Gasteiger partial charge in [0.25, 0.3) is 0 Å². The molecule has 0 spiro atoms. The second-order valence-electron chi connectivity index (χ2n) is 5.66. The molecule has 0 aromatic carbocycles. The Morgan fingerprint density at radius 3 is 2.56 bits per heavy atom. The predicted molar refractivity (Wildman–Crippen MR) is 70.9 cm³/mol. The van der Waals surface area contributed by atoms with E-state index in [0.717, 1.165) is 5.92 Å². The molecule has 1 aliphatic heterocycles. The van der Waals surface area contributed by atoms with E-state index >= 15 is 0 Å². The van der Waals surface area contributed by atoms with E-state index < -0.39 is 0 Å². The first kappa shape index (κ1) is 13.9. The fourth-order valence-electron chi connectivity index (χ4n) is 2.59. The molecule has 0 bridgehead atoms. The molecule has 3 nitrogen and oxygen atoms in total. The molecule has 1 rings (SSSR count). The minimum Gasteiger partial charge on any atom is -0.314 e. The molecule has 0 saturated carbocycles. The fraction of sp³-hybridized carbons (Fsp3) is 1.00. The van der Waals surface area contributed by atoms with Gasteiger partial charge in [0.2, 0.25) is 0 Å². The van der Waals surface area contributed by atoms with Crippen molar-refractivity contribution in [3.05, 3.63) is 0 Å². The molecule has 96 valence electrons. The molecule has 0 aromatic rings. The van der Waals surface area contributed by atoms with E-state index in [4.69, 9.17) is 0 Å². The van der Waals surface area contributed by atoms with Crippen molar-refractivity contribution in [2.75, 3.05) is 47.3 Å². The monoisotopic (exact) mass is 227 g/mol. The first-order chi connectivity index (χ1) is 7.58. The number of piperidine rings is 1. The van der Waals surface area contributed by atoms with Crippen LogP contribution in [0.15, 0.2) is 0 Å². The number of rotatable bonds is 6. The Morgan fingerprint density at radius 1 is 1.19 bits per heavy atom. The Balaban J connectivity index is 2.10. The van der Waals surface area contributed by atoms with Crippen molar-refractivity contribution in [1.29, 1.82) is 0 Å². The van der Waals surface area contributed by atoms with Crippen LogP contribution in [0.25, 0.3) is 0 Å². The quantitative estimate of drug-likeness (QED) is 0.737. The summed E-state index contributed by atoms with van der Waals surface area (Å²) in [5.74, 6) is 0.903. The Labute approximate surface area is 101 Å². The minimum absolute atomic E-state index is 0.717. The van der Waals surface area contributed by atoms with Gasteiger partial charge >= 0.3 is 0 Å². The van der Waals surface area contributed by atoms with Gasteiger partial charge in [-0.05, 0) is 72.9 Å². The van der Waals surface area contributed by atoms with Gasteiger partial charge < -0.3 is 15.1 Å². The molecule has 0 amide bonds. The third kappa shape index (κ3) is 5.83. The first-order valence-electron chi connectivity index (χ1n) is 6.64. The zero-order valence-corrected chi connectivity index (χ0v) is 11.5. The van der Waals surface area contributed by atoms with Gasteiger partial charge in [0.15, 0.2) is 0 Å². The summed E-state index contributed by atoms with van der Waals surface area (Å²) in [6.45, 7) is 7.22. The minimum atomic E-state index is 0.717. The fourth-order valence-corrected chi connectivity index (χ4v) is 2.59. The summed E-state index contributed by atoms with van der Waals surface area (Å²) in [7, 11) is 6.56. The van der Waals surface area contributed by atoms with Crippen molar-refractivity contribution in [1.82, 2.24) is 15.1 Å². The van der Waals surface area contributed by atoms with E-state index in [1.54, 1.807) is 0 Å². The van der Waals surface area contributed by atoms with Gasteiger partial charge in [-0.3, -0.25) is 0 Å². The zero-order valence-electron chi connectivity index (χ0n) is 11.5. The maximum Gasteiger partial charge on any atom is 0.00418 e. The maximum atomic E-state index is 3.52. The second-order valence-corrected chi connectivity index (χ2v) is 5.66. The summed E-state index contributed by atoms with van der Waals surface area (Å²) in [6.07, 6.45) is 3.98. The lowest BCUT2D eigenvalue weighted by atomic mass is 9.93. The summed E-state index contributed by atoms with van der Waals surface area (Å²) >= 11 is 0. The largest absolute Gasteiger partial charge is 0.314 e. The molecule has 3 heteroatoms. The average molecular weight is 227 g/mol. The Morgan fingerprint density at radius 2 is 1.94 bits per heavy atom. The molecule has 0 radical (unpaired) electrons. The highest BCUT2D eigenvalue weighted by molar-refractivity contribution is 4.76. The van der Waals surface area contributed by atoms with Crippen LogP contribution in [0.3, 0.4) is 0 Å². The normalized spacial score (nSPS) is 26.6. The van der Waals surface area contributed by atoms with Crippen LogP contribution in [0.4, 0.5) is 0 Å². The van der Waals surface area contributed by atoms with E-state index in [1.807, 2.05) is 0 Å². The summed E-state index contributed by atoms with van der Waals surface area (Å²) in [5, 5.41) is 3.52. The highest BCUT2D eigenvalue weighted by Crippen LogP contribution is 2.16. The molecule has 2 unspecified atom stereocenters. The smallest absolute Gasteiger partial charge is 0.00418 e. The summed E-state index contributed by atoms with van der Waals surface area (Å²) in [6, 6.07) is 0.717. The molecule has 1 fully saturated rings. The Bertz CT molecular complexity index is 182. The maximum absolute atomic E-state index is 3.52. The number of hydrogen-bond donors (Lipinski definition) is 1. The molecule has 0 aliphatic carbocycles. The first-order valence-corrected chi connectivity index (χ1v) is 6.64. The van der Waals surface area contributed by atoms with Crippen LogP contribution >= 0.6 is 0 Å². The Kier molecular flexibility index (Phi) is 6.32. The van der Waals surface area contributed by atoms with Crippen LogP contribution in [-0.4, -0.2) is 63.2 Å². The number of hydrogen-bond acceptors (Lipinski definition) is 3. The molecule has 1 saturated heterocycles. The van der Waals surface area contributed by atoms with Gasteiger partial charge in [0, 0.05) is 12.6 Å². The SMILES string of the molecule is CC1CC(CN(C)CCCN(C)C)CCN1. The van der Waals surface area contributed by atoms with Crippen molar-refractivity contribution < 1.29 is 0 Å². The molecular formula is C13H29N3. The lowest BCUT2D eigenvalue weighted by Crippen LogP contribution is -2.40. The molecule has 1 N–H and O–H groups in total. The standard InChI is InChI=1S/C13H29N3/c1-12-10-13(6-7-14-12)11-16(4)9-5-8-15(2)3/h12-14H,5-11H2,1-4H3. The summed E-state index contributed by atoms with van der Waals surface area (Å²) in [5.41, 5.74) is 0. The number of nitrogens with one attached hydrogen (secondary N) is 1. The highest BCUT2D eigenvalue weighted by atomic mass is 15.1. The average Bonchev–Trinajstić information content (AvgIpc) is 2.16. The summed E-state index contributed by atoms with van der Waals surface area (Å²) in [4.78, 5) is 4.77. The lowest BCUT2D eigenvalue weighted by molar-refractivity contribution is 0.213. The van der Waals surface area contributed by atoms with Crippen LogP contribution in [0, 0.1) is 5.92 Å². The molecule has 1 aliphatic rings. The van der Waals surface area contributed by atoms with Gasteiger partial charge in [0.1, 0.15) is 0 Å². The molecule has 1 heterocycles. The zero-order chi connectivity index (χ0) is 12.0. The van der Waals surface area contributed by atoms with Gasteiger partial charge in [-0.25, -0.2) is 0 Å². The molecule has 16 heavy (non-hydrogen) atoms. The molecule has 0 aromatic heterocycles. The van der Waals surface area contributed by atoms with E-state index in [9.17, 15) is 0 Å². The summed E-state index contributed by atoms with van der Waals surface area (Å²) < 4.78 is 0. The lowest BCUT2D eigenvalue weighted by Gasteiger charge is -2.31. The van der Waals surface area contributed by atoms with Crippen molar-refractivity contribution in [2.24, 2.45) is 5.92 Å². The van der Waals surface area contributed by atoms with Crippen LogP contribution < -0.4 is 5.32 Å². The number of nitrogens with zero attached hydrogens (tertiary/aromatic N) is 2. The highest BCUT2D eigenvalue weighted by Gasteiger charge is 2.19. The Hall–Kier alpha value is -0.120. The topological polar surface area (TPSA) is 18.5 Å². The second kappa shape index (κ2) is 7.25. The van der Waals surface area contributed by atoms with Crippen molar-refractivity contribution in [2.45, 2.75) is 32.2 Å². The van der Waals surface area contributed by atoms with Crippen LogP contribution in [0.5, 0.6) is 0 Å². The van der Waals surface area contributed by atoms with Gasteiger partial charge in [0.05, 0.1) is 0 Å². The van der Waals surface area contributed by atoms with E-state index in [-0.39, 0.29) is 0 Å².